The van der Waals surface area contributed by atoms with E-state index in [-0.39, 0.29) is 19.1 Å². The van der Waals surface area contributed by atoms with Crippen molar-refractivity contribution in [1.82, 2.24) is 5.32 Å². The zero-order valence-corrected chi connectivity index (χ0v) is 32.4. The zero-order chi connectivity index (χ0) is 35.8. The van der Waals surface area contributed by atoms with Crippen molar-refractivity contribution < 1.29 is 32.9 Å². The number of aliphatic hydroxyl groups is 1. The highest BCUT2D eigenvalue weighted by Crippen LogP contribution is 2.43. The van der Waals surface area contributed by atoms with Crippen LogP contribution in [0.3, 0.4) is 0 Å². The highest BCUT2D eigenvalue weighted by Gasteiger charge is 2.27. The highest BCUT2D eigenvalue weighted by atomic mass is 31.2. The number of amides is 1. The van der Waals surface area contributed by atoms with E-state index in [2.05, 4.69) is 55.6 Å². The maximum absolute atomic E-state index is 12.7. The summed E-state index contributed by atoms with van der Waals surface area (Å²) >= 11 is 0. The van der Waals surface area contributed by atoms with E-state index >= 15 is 0 Å². The van der Waals surface area contributed by atoms with Gasteiger partial charge in [0.15, 0.2) is 0 Å². The second-order valence-electron chi connectivity index (χ2n) is 13.9. The quantitative estimate of drug-likeness (QED) is 0.0273. The van der Waals surface area contributed by atoms with Crippen LogP contribution in [0.5, 0.6) is 0 Å². The van der Waals surface area contributed by atoms with Crippen molar-refractivity contribution in [3.8, 4) is 0 Å². The fourth-order valence-electron chi connectivity index (χ4n) is 4.90. The maximum Gasteiger partial charge on any atom is 0.472 e. The van der Waals surface area contributed by atoms with Gasteiger partial charge in [-0.25, -0.2) is 4.57 Å². The number of allylic oxidation sites excluding steroid dienone is 7. The first-order chi connectivity index (χ1) is 23.0. The van der Waals surface area contributed by atoms with Gasteiger partial charge in [0.05, 0.1) is 39.9 Å². The first kappa shape index (κ1) is 46.5. The second kappa shape index (κ2) is 31.4. The van der Waals surface area contributed by atoms with Crippen LogP contribution in [-0.4, -0.2) is 73.4 Å². The van der Waals surface area contributed by atoms with E-state index in [1.165, 1.54) is 51.4 Å². The van der Waals surface area contributed by atoms with Crippen molar-refractivity contribution in [3.05, 3.63) is 48.6 Å². The molecule has 0 aliphatic carbocycles. The van der Waals surface area contributed by atoms with Crippen LogP contribution in [-0.2, 0) is 18.4 Å². The minimum atomic E-state index is -4.34. The Hall–Kier alpha value is -1.54. The van der Waals surface area contributed by atoms with Crippen molar-refractivity contribution >= 4 is 13.7 Å². The van der Waals surface area contributed by atoms with Gasteiger partial charge < -0.3 is 19.8 Å². The molecule has 0 aliphatic heterocycles. The number of likely N-dealkylation sites (N-methyl/N-ethyl adjacent to an activating group) is 1. The van der Waals surface area contributed by atoms with E-state index in [4.69, 9.17) is 9.05 Å². The van der Waals surface area contributed by atoms with Crippen LogP contribution in [0.25, 0.3) is 0 Å². The number of nitrogens with one attached hydrogen (secondary N) is 1. The van der Waals surface area contributed by atoms with Crippen LogP contribution in [0.2, 0.25) is 0 Å². The van der Waals surface area contributed by atoms with E-state index in [1.54, 1.807) is 6.08 Å². The van der Waals surface area contributed by atoms with Crippen LogP contribution in [0.1, 0.15) is 142 Å². The summed E-state index contributed by atoms with van der Waals surface area (Å²) in [6.45, 7) is 4.67. The summed E-state index contributed by atoms with van der Waals surface area (Å²) in [6, 6.07) is -0.871. The first-order valence-electron chi connectivity index (χ1n) is 19.0. The van der Waals surface area contributed by atoms with Gasteiger partial charge in [-0.3, -0.25) is 13.8 Å². The minimum absolute atomic E-state index is 0.0504. The predicted molar refractivity (Wildman–Crippen MR) is 203 cm³/mol. The Morgan fingerprint density at radius 3 is 1.75 bits per heavy atom. The van der Waals surface area contributed by atoms with Gasteiger partial charge in [-0.2, -0.15) is 0 Å². The number of rotatable bonds is 33. The number of nitrogens with zero attached hydrogens (tertiary/aromatic N) is 1. The van der Waals surface area contributed by atoms with Crippen molar-refractivity contribution in [2.24, 2.45) is 0 Å². The molecule has 0 heterocycles. The van der Waals surface area contributed by atoms with Gasteiger partial charge in [0.2, 0.25) is 5.91 Å². The smallest absolute Gasteiger partial charge is 0.387 e. The number of hydrogen-bond acceptors (Lipinski definition) is 5. The largest absolute Gasteiger partial charge is 0.472 e. The summed E-state index contributed by atoms with van der Waals surface area (Å²) in [6.07, 6.45) is 37.5. The third-order valence-electron chi connectivity index (χ3n) is 7.98. The van der Waals surface area contributed by atoms with E-state index < -0.39 is 20.0 Å². The van der Waals surface area contributed by atoms with Gasteiger partial charge in [0.1, 0.15) is 13.2 Å². The van der Waals surface area contributed by atoms with Crippen molar-refractivity contribution in [2.45, 2.75) is 154 Å². The molecule has 280 valence electrons. The zero-order valence-electron chi connectivity index (χ0n) is 31.5. The molecule has 1 amide bonds. The van der Waals surface area contributed by atoms with E-state index in [1.807, 2.05) is 27.2 Å². The number of unbranched alkanes of at least 4 members (excludes halogenated alkanes) is 14. The van der Waals surface area contributed by atoms with Gasteiger partial charge in [0.25, 0.3) is 0 Å². The van der Waals surface area contributed by atoms with Crippen LogP contribution in [0.4, 0.5) is 0 Å². The van der Waals surface area contributed by atoms with Crippen molar-refractivity contribution in [3.63, 3.8) is 0 Å². The molecule has 0 saturated carbocycles. The summed E-state index contributed by atoms with van der Waals surface area (Å²) in [5.41, 5.74) is 0. The molecule has 0 aliphatic rings. The second-order valence-corrected chi connectivity index (χ2v) is 15.4. The highest BCUT2D eigenvalue weighted by molar-refractivity contribution is 7.47. The fraction of sp³-hybridized carbons (Fsp3) is 0.769. The summed E-state index contributed by atoms with van der Waals surface area (Å²) in [5, 5.41) is 13.7. The number of phosphoric ester groups is 1. The number of phosphoric acid groups is 1. The number of aliphatic hydroxyl groups excluding tert-OH is 1. The van der Waals surface area contributed by atoms with Crippen LogP contribution in [0.15, 0.2) is 48.6 Å². The molecule has 8 nitrogen and oxygen atoms in total. The molecule has 0 aromatic carbocycles. The SMILES string of the molecule is CCC/C=C\CCCCCCCC(=O)NC(COP(=O)(O)OCC[N+](C)(C)C)C(O)/C=C/CC/C=C/CC/C=C/CCCCCCCC. The monoisotopic (exact) mass is 698 g/mol. The average Bonchev–Trinajstić information content (AvgIpc) is 3.02. The summed E-state index contributed by atoms with van der Waals surface area (Å²) in [5.74, 6) is -0.207. The van der Waals surface area contributed by atoms with Gasteiger partial charge in [-0.05, 0) is 64.2 Å². The van der Waals surface area contributed by atoms with E-state index in [0.29, 0.717) is 17.4 Å². The molecule has 3 unspecified atom stereocenters. The van der Waals surface area contributed by atoms with Crippen molar-refractivity contribution in [1.29, 1.82) is 0 Å². The molecule has 0 fully saturated rings. The normalized spacial score (nSPS) is 15.2. The molecule has 0 radical (unpaired) electrons. The molecular formula is C39H74N2O6P+. The van der Waals surface area contributed by atoms with Gasteiger partial charge in [0, 0.05) is 6.42 Å². The van der Waals surface area contributed by atoms with E-state index in [0.717, 1.165) is 70.6 Å². The number of hydrogen-bond donors (Lipinski definition) is 3. The predicted octanol–water partition coefficient (Wildman–Crippen LogP) is 9.74. The fourth-order valence-corrected chi connectivity index (χ4v) is 5.63. The number of carbonyl (C=O) groups excluding carboxylic acids is 1. The molecule has 0 saturated heterocycles. The third kappa shape index (κ3) is 33.0. The molecule has 0 bridgehead atoms. The molecule has 0 aromatic rings. The van der Waals surface area contributed by atoms with Gasteiger partial charge >= 0.3 is 7.82 Å². The van der Waals surface area contributed by atoms with E-state index in [9.17, 15) is 19.4 Å². The topological polar surface area (TPSA) is 105 Å². The lowest BCUT2D eigenvalue weighted by molar-refractivity contribution is -0.870. The summed E-state index contributed by atoms with van der Waals surface area (Å²) in [4.78, 5) is 22.9. The lowest BCUT2D eigenvalue weighted by atomic mass is 10.1. The molecular weight excluding hydrogens is 623 g/mol. The Labute approximate surface area is 295 Å². The van der Waals surface area contributed by atoms with Crippen LogP contribution >= 0.6 is 7.82 Å². The number of carbonyl (C=O) groups is 1. The molecule has 9 heteroatoms. The Kier molecular flexibility index (Phi) is 30.4. The third-order valence-corrected chi connectivity index (χ3v) is 8.96. The molecule has 0 aromatic heterocycles. The van der Waals surface area contributed by atoms with Gasteiger partial charge in [-0.1, -0.05) is 120 Å². The number of quaternary nitrogens is 1. The Balaban J connectivity index is 4.64. The van der Waals surface area contributed by atoms with Crippen LogP contribution in [0, 0.1) is 0 Å². The molecule has 0 spiro atoms. The Morgan fingerprint density at radius 1 is 0.688 bits per heavy atom. The lowest BCUT2D eigenvalue weighted by Gasteiger charge is -2.25. The maximum atomic E-state index is 12.7. The Morgan fingerprint density at radius 2 is 1.19 bits per heavy atom. The van der Waals surface area contributed by atoms with Gasteiger partial charge in [-0.15, -0.1) is 0 Å². The minimum Gasteiger partial charge on any atom is -0.387 e. The molecule has 48 heavy (non-hydrogen) atoms. The molecule has 0 rings (SSSR count). The Bertz CT molecular complexity index is 928. The first-order valence-corrected chi connectivity index (χ1v) is 20.5. The lowest BCUT2D eigenvalue weighted by Crippen LogP contribution is -2.45. The molecule has 3 N–H and O–H groups in total. The standard InChI is InChI=1S/C39H73N2O6P/c1-6-8-10-12-14-16-18-19-20-21-22-23-24-26-28-30-32-38(42)37(36-47-48(44,45)46-35-34-41(3,4)5)40-39(43)33-31-29-27-25-17-15-13-11-9-7-2/h11,13,19-20,23-24,30,32,37-38,42H,6-10,12,14-18,21-22,25-29,31,33-36H2,1-5H3,(H-,40,43,44,45)/p+1/b13-11-,20-19+,24-23+,32-30+. The molecule has 3 atom stereocenters. The average molecular weight is 698 g/mol. The summed E-state index contributed by atoms with van der Waals surface area (Å²) < 4.78 is 23.4. The van der Waals surface area contributed by atoms with Crippen LogP contribution < -0.4 is 5.32 Å². The summed E-state index contributed by atoms with van der Waals surface area (Å²) in [7, 11) is 1.53. The van der Waals surface area contributed by atoms with Crippen molar-refractivity contribution in [2.75, 3.05) is 40.9 Å².